The van der Waals surface area contributed by atoms with Gasteiger partial charge in [-0.1, -0.05) is 80.8 Å². The van der Waals surface area contributed by atoms with Crippen molar-refractivity contribution in [2.45, 2.75) is 39.2 Å². The lowest BCUT2D eigenvalue weighted by Crippen LogP contribution is -2.24. The van der Waals surface area contributed by atoms with E-state index < -0.39 is 11.8 Å². The van der Waals surface area contributed by atoms with E-state index >= 15 is 0 Å². The van der Waals surface area contributed by atoms with Gasteiger partial charge in [0.05, 0.1) is 12.7 Å². The average Bonchev–Trinajstić information content (AvgIpc) is 2.82. The number of benzene rings is 3. The standard InChI is InChI=1S/C27H30FNO2/c1-3-4-5-9-18-29(24-16-17-26(28)25(19-24)27(30)31-2)20-21-12-14-23(15-13-21)22-10-7-6-8-11-22/h6-8,10-17,19H,3-5,9,18,20H2,1-2H3. The SMILES string of the molecule is CCCCCCN(Cc1ccc(-c2ccccc2)cc1)c1ccc(F)c(C(=O)OC)c1. The summed E-state index contributed by atoms with van der Waals surface area (Å²) in [5, 5.41) is 0. The fourth-order valence-electron chi connectivity index (χ4n) is 3.66. The van der Waals surface area contributed by atoms with Gasteiger partial charge in [0.25, 0.3) is 0 Å². The smallest absolute Gasteiger partial charge is 0.340 e. The number of carbonyl (C=O) groups is 1. The largest absolute Gasteiger partial charge is 0.465 e. The van der Waals surface area contributed by atoms with E-state index in [9.17, 15) is 9.18 Å². The van der Waals surface area contributed by atoms with Gasteiger partial charge >= 0.3 is 5.97 Å². The van der Waals surface area contributed by atoms with Crippen LogP contribution in [0.4, 0.5) is 10.1 Å². The van der Waals surface area contributed by atoms with Crippen molar-refractivity contribution in [1.82, 2.24) is 0 Å². The Balaban J connectivity index is 1.81. The minimum absolute atomic E-state index is 0.0296. The van der Waals surface area contributed by atoms with Crippen LogP contribution in [0, 0.1) is 5.82 Å². The van der Waals surface area contributed by atoms with Crippen LogP contribution in [-0.2, 0) is 11.3 Å². The second-order valence-corrected chi connectivity index (χ2v) is 7.70. The predicted molar refractivity (Wildman–Crippen MR) is 125 cm³/mol. The molecule has 3 aromatic carbocycles. The van der Waals surface area contributed by atoms with Gasteiger partial charge in [-0.2, -0.15) is 0 Å². The molecule has 0 saturated heterocycles. The van der Waals surface area contributed by atoms with E-state index in [1.54, 1.807) is 12.1 Å². The highest BCUT2D eigenvalue weighted by Gasteiger charge is 2.16. The molecule has 3 nitrogen and oxygen atoms in total. The van der Waals surface area contributed by atoms with Crippen molar-refractivity contribution in [2.24, 2.45) is 0 Å². The number of unbranched alkanes of at least 4 members (excludes halogenated alkanes) is 3. The molecule has 0 amide bonds. The molecule has 3 aromatic rings. The summed E-state index contributed by atoms with van der Waals surface area (Å²) >= 11 is 0. The van der Waals surface area contributed by atoms with Crippen LogP contribution in [0.1, 0.15) is 48.5 Å². The second-order valence-electron chi connectivity index (χ2n) is 7.70. The van der Waals surface area contributed by atoms with Crippen LogP contribution in [-0.4, -0.2) is 19.6 Å². The minimum Gasteiger partial charge on any atom is -0.465 e. The number of anilines is 1. The van der Waals surface area contributed by atoms with Crippen LogP contribution in [0.3, 0.4) is 0 Å². The first-order chi connectivity index (χ1) is 15.1. The third kappa shape index (κ3) is 6.17. The van der Waals surface area contributed by atoms with Gasteiger partial charge in [-0.25, -0.2) is 9.18 Å². The highest BCUT2D eigenvalue weighted by molar-refractivity contribution is 5.90. The lowest BCUT2D eigenvalue weighted by molar-refractivity contribution is 0.0595. The van der Waals surface area contributed by atoms with Gasteiger partial charge in [-0.3, -0.25) is 0 Å². The van der Waals surface area contributed by atoms with Crippen molar-refractivity contribution in [1.29, 1.82) is 0 Å². The van der Waals surface area contributed by atoms with E-state index in [0.717, 1.165) is 25.1 Å². The molecule has 4 heteroatoms. The lowest BCUT2D eigenvalue weighted by atomic mass is 10.0. The van der Waals surface area contributed by atoms with Gasteiger partial charge in [-0.05, 0) is 41.3 Å². The van der Waals surface area contributed by atoms with Gasteiger partial charge in [0.2, 0.25) is 0 Å². The summed E-state index contributed by atoms with van der Waals surface area (Å²) < 4.78 is 18.9. The van der Waals surface area contributed by atoms with Crippen molar-refractivity contribution in [3.05, 3.63) is 89.7 Å². The molecule has 0 N–H and O–H groups in total. The topological polar surface area (TPSA) is 29.5 Å². The molecule has 3 rings (SSSR count). The third-order valence-electron chi connectivity index (χ3n) is 5.44. The van der Waals surface area contributed by atoms with Gasteiger partial charge in [0.15, 0.2) is 0 Å². The molecule has 0 fully saturated rings. The Labute approximate surface area is 184 Å². The van der Waals surface area contributed by atoms with Crippen LogP contribution >= 0.6 is 0 Å². The van der Waals surface area contributed by atoms with Crippen LogP contribution in [0.25, 0.3) is 11.1 Å². The van der Waals surface area contributed by atoms with Crippen LogP contribution in [0.2, 0.25) is 0 Å². The molecule has 0 saturated carbocycles. The number of halogens is 1. The fourth-order valence-corrected chi connectivity index (χ4v) is 3.66. The molecule has 0 heterocycles. The Kier molecular flexibility index (Phi) is 8.22. The van der Waals surface area contributed by atoms with Crippen LogP contribution < -0.4 is 4.90 Å². The zero-order valence-corrected chi connectivity index (χ0v) is 18.3. The molecule has 0 aromatic heterocycles. The predicted octanol–water partition coefficient (Wildman–Crippen LogP) is 6.87. The summed E-state index contributed by atoms with van der Waals surface area (Å²) in [5.74, 6) is -1.22. The van der Waals surface area contributed by atoms with Crippen molar-refractivity contribution in [2.75, 3.05) is 18.6 Å². The first-order valence-electron chi connectivity index (χ1n) is 10.9. The molecule has 0 unspecified atom stereocenters. The lowest BCUT2D eigenvalue weighted by Gasteiger charge is -2.26. The van der Waals surface area contributed by atoms with E-state index in [4.69, 9.17) is 4.74 Å². The highest BCUT2D eigenvalue weighted by atomic mass is 19.1. The van der Waals surface area contributed by atoms with E-state index in [1.807, 2.05) is 18.2 Å². The number of rotatable bonds is 10. The van der Waals surface area contributed by atoms with Crippen molar-refractivity contribution >= 4 is 11.7 Å². The zero-order valence-electron chi connectivity index (χ0n) is 18.3. The monoisotopic (exact) mass is 419 g/mol. The van der Waals surface area contributed by atoms with Gasteiger partial charge in [-0.15, -0.1) is 0 Å². The number of nitrogens with zero attached hydrogens (tertiary/aromatic N) is 1. The van der Waals surface area contributed by atoms with Crippen molar-refractivity contribution in [3.63, 3.8) is 0 Å². The molecular formula is C27H30FNO2. The Morgan fingerprint density at radius 1 is 0.903 bits per heavy atom. The molecule has 162 valence electrons. The maximum atomic E-state index is 14.1. The molecule has 0 atom stereocenters. The Morgan fingerprint density at radius 3 is 2.29 bits per heavy atom. The quantitative estimate of drug-likeness (QED) is 0.265. The first kappa shape index (κ1) is 22.5. The minimum atomic E-state index is -0.655. The van der Waals surface area contributed by atoms with E-state index in [0.29, 0.717) is 6.54 Å². The van der Waals surface area contributed by atoms with E-state index in [1.165, 1.54) is 42.7 Å². The number of ether oxygens (including phenoxy) is 1. The molecule has 0 spiro atoms. The van der Waals surface area contributed by atoms with Gasteiger partial charge < -0.3 is 9.64 Å². The molecular weight excluding hydrogens is 389 g/mol. The van der Waals surface area contributed by atoms with Gasteiger partial charge in [0.1, 0.15) is 5.82 Å². The van der Waals surface area contributed by atoms with Crippen molar-refractivity contribution < 1.29 is 13.9 Å². The summed E-state index contributed by atoms with van der Waals surface area (Å²) in [7, 11) is 1.27. The van der Waals surface area contributed by atoms with E-state index in [-0.39, 0.29) is 5.56 Å². The molecule has 31 heavy (non-hydrogen) atoms. The number of carbonyl (C=O) groups excluding carboxylic acids is 1. The summed E-state index contributed by atoms with van der Waals surface area (Å²) in [4.78, 5) is 14.2. The Morgan fingerprint density at radius 2 is 1.61 bits per heavy atom. The summed E-state index contributed by atoms with van der Waals surface area (Å²) in [6.07, 6.45) is 4.55. The number of esters is 1. The Bertz CT molecular complexity index is 970. The molecule has 0 aliphatic carbocycles. The normalized spacial score (nSPS) is 10.7. The summed E-state index contributed by atoms with van der Waals surface area (Å²) in [5.41, 5.74) is 4.32. The van der Waals surface area contributed by atoms with Gasteiger partial charge in [0, 0.05) is 18.8 Å². The number of methoxy groups -OCH3 is 1. The number of hydrogen-bond donors (Lipinski definition) is 0. The molecule has 0 bridgehead atoms. The zero-order chi connectivity index (χ0) is 22.1. The maximum Gasteiger partial charge on any atom is 0.340 e. The summed E-state index contributed by atoms with van der Waals surface area (Å²) in [6.45, 7) is 3.72. The van der Waals surface area contributed by atoms with E-state index in [2.05, 4.69) is 48.2 Å². The van der Waals surface area contributed by atoms with Crippen LogP contribution in [0.5, 0.6) is 0 Å². The Hall–Kier alpha value is -3.14. The highest BCUT2D eigenvalue weighted by Crippen LogP contribution is 2.24. The molecule has 0 radical (unpaired) electrons. The summed E-state index contributed by atoms with van der Waals surface area (Å²) in [6, 6.07) is 23.5. The number of hydrogen-bond acceptors (Lipinski definition) is 3. The molecule has 0 aliphatic heterocycles. The average molecular weight is 420 g/mol. The van der Waals surface area contributed by atoms with Crippen molar-refractivity contribution in [3.8, 4) is 11.1 Å². The molecule has 0 aliphatic rings. The second kappa shape index (κ2) is 11.3. The first-order valence-corrected chi connectivity index (χ1v) is 10.9. The third-order valence-corrected chi connectivity index (χ3v) is 5.44. The fraction of sp³-hybridized carbons (Fsp3) is 0.296. The van der Waals surface area contributed by atoms with Crippen LogP contribution in [0.15, 0.2) is 72.8 Å². The maximum absolute atomic E-state index is 14.1.